The molecule has 1 fully saturated rings. The summed E-state index contributed by atoms with van der Waals surface area (Å²) in [7, 11) is 0. The van der Waals surface area contributed by atoms with Gasteiger partial charge in [0.25, 0.3) is 5.91 Å². The topological polar surface area (TPSA) is 71.5 Å². The third kappa shape index (κ3) is 3.03. The summed E-state index contributed by atoms with van der Waals surface area (Å²) >= 11 is 0. The fourth-order valence-electron chi connectivity index (χ4n) is 3.15. The summed E-state index contributed by atoms with van der Waals surface area (Å²) in [6.07, 6.45) is 4.01. The van der Waals surface area contributed by atoms with E-state index in [0.717, 1.165) is 18.8 Å². The van der Waals surface area contributed by atoms with Crippen molar-refractivity contribution in [1.29, 1.82) is 0 Å². The molecule has 4 rings (SSSR count). The molecular formula is C19H19N3O3. The molecule has 6 heteroatoms. The van der Waals surface area contributed by atoms with Gasteiger partial charge in [-0.2, -0.15) is 0 Å². The Bertz CT molecular complexity index is 860. The fraction of sp³-hybridized carbons (Fsp3) is 0.263. The van der Waals surface area contributed by atoms with Crippen molar-refractivity contribution < 1.29 is 13.7 Å². The Morgan fingerprint density at radius 3 is 2.60 bits per heavy atom. The summed E-state index contributed by atoms with van der Waals surface area (Å²) in [5.74, 6) is 0.697. The van der Waals surface area contributed by atoms with Crippen LogP contribution in [-0.2, 0) is 0 Å². The predicted octanol–water partition coefficient (Wildman–Crippen LogP) is 4.10. The van der Waals surface area contributed by atoms with Crippen LogP contribution in [0.15, 0.2) is 51.6 Å². The number of anilines is 2. The second kappa shape index (κ2) is 6.47. The van der Waals surface area contributed by atoms with E-state index in [1.807, 2.05) is 24.3 Å². The van der Waals surface area contributed by atoms with Crippen molar-refractivity contribution in [3.8, 4) is 11.5 Å². The van der Waals surface area contributed by atoms with E-state index in [1.165, 1.54) is 24.8 Å². The van der Waals surface area contributed by atoms with Crippen molar-refractivity contribution in [2.75, 3.05) is 23.3 Å². The minimum atomic E-state index is -0.265. The molecule has 0 aliphatic carbocycles. The van der Waals surface area contributed by atoms with Crippen LogP contribution in [0.1, 0.15) is 29.0 Å². The molecule has 0 radical (unpaired) electrons. The summed E-state index contributed by atoms with van der Waals surface area (Å²) < 4.78 is 10.5. The van der Waals surface area contributed by atoms with Crippen molar-refractivity contribution in [1.82, 2.24) is 5.16 Å². The third-order valence-electron chi connectivity index (χ3n) is 4.44. The molecule has 0 atom stereocenters. The number of nitrogens with zero attached hydrogens (tertiary/aromatic N) is 2. The molecule has 0 spiro atoms. The van der Waals surface area contributed by atoms with Crippen LogP contribution in [0.3, 0.4) is 0 Å². The Labute approximate surface area is 145 Å². The average Bonchev–Trinajstić information content (AvgIpc) is 3.37. The van der Waals surface area contributed by atoms with Gasteiger partial charge in [0.1, 0.15) is 11.3 Å². The first-order chi connectivity index (χ1) is 12.2. The van der Waals surface area contributed by atoms with Crippen LogP contribution >= 0.6 is 0 Å². The van der Waals surface area contributed by atoms with Gasteiger partial charge in [0, 0.05) is 24.5 Å². The summed E-state index contributed by atoms with van der Waals surface area (Å²) in [5.41, 5.74) is 2.72. The summed E-state index contributed by atoms with van der Waals surface area (Å²) in [5, 5.41) is 6.86. The van der Waals surface area contributed by atoms with E-state index >= 15 is 0 Å². The highest BCUT2D eigenvalue weighted by molar-refractivity contribution is 6.08. The Morgan fingerprint density at radius 1 is 1.16 bits per heavy atom. The van der Waals surface area contributed by atoms with E-state index in [4.69, 9.17) is 8.94 Å². The summed E-state index contributed by atoms with van der Waals surface area (Å²) in [6.45, 7) is 3.90. The van der Waals surface area contributed by atoms with E-state index in [0.29, 0.717) is 22.8 Å². The highest BCUT2D eigenvalue weighted by Gasteiger charge is 2.23. The maximum atomic E-state index is 12.7. The number of carbonyl (C=O) groups is 1. The van der Waals surface area contributed by atoms with Gasteiger partial charge in [-0.15, -0.1) is 0 Å². The van der Waals surface area contributed by atoms with Crippen LogP contribution in [0.2, 0.25) is 0 Å². The first kappa shape index (κ1) is 15.5. The van der Waals surface area contributed by atoms with E-state index in [9.17, 15) is 4.79 Å². The van der Waals surface area contributed by atoms with Crippen LogP contribution in [-0.4, -0.2) is 24.2 Å². The molecule has 0 saturated carbocycles. The largest absolute Gasteiger partial charge is 0.463 e. The van der Waals surface area contributed by atoms with E-state index in [-0.39, 0.29) is 5.91 Å². The fourth-order valence-corrected chi connectivity index (χ4v) is 3.15. The predicted molar refractivity (Wildman–Crippen MR) is 94.8 cm³/mol. The maximum absolute atomic E-state index is 12.7. The second-order valence-electron chi connectivity index (χ2n) is 6.13. The van der Waals surface area contributed by atoms with Crippen LogP contribution in [0.5, 0.6) is 0 Å². The van der Waals surface area contributed by atoms with Crippen molar-refractivity contribution in [3.05, 3.63) is 54.0 Å². The van der Waals surface area contributed by atoms with E-state index in [2.05, 4.69) is 15.4 Å². The van der Waals surface area contributed by atoms with Gasteiger partial charge in [-0.1, -0.05) is 5.16 Å². The Morgan fingerprint density at radius 2 is 1.92 bits per heavy atom. The molecule has 2 aromatic heterocycles. The Kier molecular flexibility index (Phi) is 4.01. The second-order valence-corrected chi connectivity index (χ2v) is 6.13. The van der Waals surface area contributed by atoms with E-state index in [1.54, 1.807) is 19.1 Å². The lowest BCUT2D eigenvalue weighted by atomic mass is 10.1. The standard InChI is InChI=1S/C19H19N3O3/c1-13-17(18(21-25-13)16-5-4-12-24-16)19(23)20-14-6-8-15(9-7-14)22-10-2-3-11-22/h4-9,12H,2-3,10-11H2,1H3,(H,20,23). The van der Waals surface area contributed by atoms with Gasteiger partial charge in [0.2, 0.25) is 0 Å². The van der Waals surface area contributed by atoms with Crippen molar-refractivity contribution in [2.45, 2.75) is 19.8 Å². The summed E-state index contributed by atoms with van der Waals surface area (Å²) in [6, 6.07) is 11.4. The molecule has 25 heavy (non-hydrogen) atoms. The number of aryl methyl sites for hydroxylation is 1. The molecular weight excluding hydrogens is 318 g/mol. The van der Waals surface area contributed by atoms with Crippen LogP contribution in [0, 0.1) is 6.92 Å². The number of nitrogens with one attached hydrogen (secondary N) is 1. The van der Waals surface area contributed by atoms with E-state index < -0.39 is 0 Å². The van der Waals surface area contributed by atoms with Gasteiger partial charge in [-0.05, 0) is 56.2 Å². The van der Waals surface area contributed by atoms with Crippen molar-refractivity contribution in [2.24, 2.45) is 0 Å². The number of carbonyl (C=O) groups excluding carboxylic acids is 1. The van der Waals surface area contributed by atoms with Gasteiger partial charge < -0.3 is 19.2 Å². The highest BCUT2D eigenvalue weighted by atomic mass is 16.5. The van der Waals surface area contributed by atoms with Crippen LogP contribution in [0.25, 0.3) is 11.5 Å². The molecule has 3 heterocycles. The molecule has 1 aliphatic heterocycles. The lowest BCUT2D eigenvalue weighted by Gasteiger charge is -2.17. The minimum absolute atomic E-state index is 0.265. The Balaban J connectivity index is 1.53. The van der Waals surface area contributed by atoms with Crippen molar-refractivity contribution in [3.63, 3.8) is 0 Å². The molecule has 1 amide bonds. The zero-order valence-electron chi connectivity index (χ0n) is 14.0. The highest BCUT2D eigenvalue weighted by Crippen LogP contribution is 2.27. The number of hydrogen-bond donors (Lipinski definition) is 1. The molecule has 1 aliphatic rings. The zero-order valence-corrected chi connectivity index (χ0v) is 14.0. The van der Waals surface area contributed by atoms with Crippen molar-refractivity contribution >= 4 is 17.3 Å². The first-order valence-corrected chi connectivity index (χ1v) is 8.39. The molecule has 1 aromatic carbocycles. The molecule has 0 unspecified atom stereocenters. The molecule has 1 N–H and O–H groups in total. The molecule has 1 saturated heterocycles. The number of amides is 1. The lowest BCUT2D eigenvalue weighted by Crippen LogP contribution is -2.17. The zero-order chi connectivity index (χ0) is 17.2. The SMILES string of the molecule is Cc1onc(-c2ccco2)c1C(=O)Nc1ccc(N2CCCC2)cc1. The normalized spacial score (nSPS) is 14.0. The molecule has 3 aromatic rings. The van der Waals surface area contributed by atoms with Crippen LogP contribution < -0.4 is 10.2 Å². The van der Waals surface area contributed by atoms with Gasteiger partial charge in [0.05, 0.1) is 6.26 Å². The Hall–Kier alpha value is -3.02. The molecule has 0 bridgehead atoms. The number of aromatic nitrogens is 1. The average molecular weight is 337 g/mol. The van der Waals surface area contributed by atoms with Gasteiger partial charge in [-0.25, -0.2) is 0 Å². The monoisotopic (exact) mass is 337 g/mol. The smallest absolute Gasteiger partial charge is 0.261 e. The maximum Gasteiger partial charge on any atom is 0.261 e. The number of hydrogen-bond acceptors (Lipinski definition) is 5. The number of benzene rings is 1. The number of furan rings is 1. The molecule has 6 nitrogen and oxygen atoms in total. The summed E-state index contributed by atoms with van der Waals surface area (Å²) in [4.78, 5) is 15.0. The van der Waals surface area contributed by atoms with Gasteiger partial charge >= 0.3 is 0 Å². The van der Waals surface area contributed by atoms with Crippen LogP contribution in [0.4, 0.5) is 11.4 Å². The number of rotatable bonds is 4. The lowest BCUT2D eigenvalue weighted by molar-refractivity contribution is 0.102. The first-order valence-electron chi connectivity index (χ1n) is 8.39. The van der Waals surface area contributed by atoms with Gasteiger partial charge in [-0.3, -0.25) is 4.79 Å². The molecule has 128 valence electrons. The van der Waals surface area contributed by atoms with Gasteiger partial charge in [0.15, 0.2) is 11.5 Å². The quantitative estimate of drug-likeness (QED) is 0.776. The minimum Gasteiger partial charge on any atom is -0.463 e. The third-order valence-corrected chi connectivity index (χ3v) is 4.44.